The van der Waals surface area contributed by atoms with Gasteiger partial charge in [-0.15, -0.1) is 0 Å². The lowest BCUT2D eigenvalue weighted by molar-refractivity contribution is -0.126. The number of amides is 4. The van der Waals surface area contributed by atoms with Gasteiger partial charge in [-0.2, -0.15) is 0 Å². The first-order valence-corrected chi connectivity index (χ1v) is 20.8. The van der Waals surface area contributed by atoms with Crippen molar-refractivity contribution >= 4 is 66.9 Å². The number of benzene rings is 4. The van der Waals surface area contributed by atoms with Gasteiger partial charge in [-0.3, -0.25) is 29.0 Å². The Labute approximate surface area is 359 Å². The van der Waals surface area contributed by atoms with Gasteiger partial charge >= 0.3 is 0 Å². The minimum absolute atomic E-state index is 0.292. The molecule has 0 aliphatic carbocycles. The molecule has 0 spiro atoms. The van der Waals surface area contributed by atoms with Crippen molar-refractivity contribution in [3.05, 3.63) is 154 Å². The fourth-order valence-corrected chi connectivity index (χ4v) is 7.05. The van der Waals surface area contributed by atoms with E-state index in [1.54, 1.807) is 12.4 Å². The number of hydrogen-bond acceptors (Lipinski definition) is 6. The molecule has 4 amide bonds. The van der Waals surface area contributed by atoms with Crippen molar-refractivity contribution in [1.29, 1.82) is 0 Å². The Bertz CT molecular complexity index is 1920. The van der Waals surface area contributed by atoms with E-state index in [1.807, 2.05) is 161 Å². The molecule has 4 aromatic rings. The zero-order valence-corrected chi connectivity index (χ0v) is 37.0. The molecule has 1 heterocycles. The van der Waals surface area contributed by atoms with Gasteiger partial charge in [0.05, 0.1) is 0 Å². The topological polar surface area (TPSA) is 105 Å². The van der Waals surface area contributed by atoms with Crippen LogP contribution in [-0.4, -0.2) is 70.7 Å². The van der Waals surface area contributed by atoms with Gasteiger partial charge in [0.25, 0.3) is 11.8 Å². The van der Waals surface area contributed by atoms with E-state index < -0.39 is 23.2 Å². The second kappa shape index (κ2) is 19.5. The molecule has 4 aromatic carbocycles. The predicted molar refractivity (Wildman–Crippen MR) is 239 cm³/mol. The Balaban J connectivity index is 1.33. The van der Waals surface area contributed by atoms with E-state index in [1.165, 1.54) is 22.0 Å². The van der Waals surface area contributed by atoms with Crippen LogP contribution in [0.3, 0.4) is 0 Å². The zero-order valence-electron chi connectivity index (χ0n) is 33.9. The number of carbonyl (C=O) groups excluding carboxylic acids is 4. The average Bonchev–Trinajstić information content (AvgIpc) is 3.17. The lowest BCUT2D eigenvalue weighted by Crippen LogP contribution is -2.49. The van der Waals surface area contributed by atoms with Crippen molar-refractivity contribution in [2.24, 2.45) is 0 Å². The van der Waals surface area contributed by atoms with Crippen molar-refractivity contribution in [1.82, 2.24) is 20.4 Å². The van der Waals surface area contributed by atoms with E-state index in [-0.39, 0.29) is 23.6 Å². The second-order valence-electron chi connectivity index (χ2n) is 16.2. The quantitative estimate of drug-likeness (QED) is 0.138. The van der Waals surface area contributed by atoms with Gasteiger partial charge < -0.3 is 20.4 Å². The van der Waals surface area contributed by atoms with Crippen LogP contribution in [0.1, 0.15) is 64.8 Å². The monoisotopic (exact) mass is 910 g/mol. The van der Waals surface area contributed by atoms with Crippen LogP contribution in [0.15, 0.2) is 143 Å². The first kappa shape index (κ1) is 43.9. The van der Waals surface area contributed by atoms with Crippen LogP contribution in [0.4, 0.5) is 11.4 Å². The summed E-state index contributed by atoms with van der Waals surface area (Å²) < 4.78 is 1.73. The van der Waals surface area contributed by atoms with Gasteiger partial charge in [0.1, 0.15) is 12.1 Å². The van der Waals surface area contributed by atoms with Crippen LogP contribution in [0.2, 0.25) is 0 Å². The summed E-state index contributed by atoms with van der Waals surface area (Å²) in [7, 11) is 0. The maximum atomic E-state index is 14.2. The standard InChI is InChI=1S/C46H52Br2N6O4/c1-45(2,3)49-43(57)41(33-17-21-35(47)22-18-33)53(37-13-9-7-10-14-37)39(55)25-27-51-29-31-52(32-30-51)28-26-40(56)54(38-15-11-8-12-16-38)42(44(58)50-46(4,5)6)34-19-23-36(48)24-20-34/h7-28,41-42H,29-32H2,1-6H3,(H,49,57)(H,50,58)/b27-25+,28-26+. The van der Waals surface area contributed by atoms with Gasteiger partial charge in [-0.05, 0) is 101 Å². The van der Waals surface area contributed by atoms with Crippen molar-refractivity contribution in [2.45, 2.75) is 64.7 Å². The molecule has 1 fully saturated rings. The second-order valence-corrected chi connectivity index (χ2v) is 18.0. The van der Waals surface area contributed by atoms with Crippen LogP contribution in [0, 0.1) is 0 Å². The molecule has 10 nitrogen and oxygen atoms in total. The molecule has 0 saturated carbocycles. The number of piperazine rings is 1. The average molecular weight is 913 g/mol. The summed E-state index contributed by atoms with van der Waals surface area (Å²) in [6.07, 6.45) is 6.58. The maximum absolute atomic E-state index is 14.2. The summed E-state index contributed by atoms with van der Waals surface area (Å²) in [5.41, 5.74) is 1.50. The van der Waals surface area contributed by atoms with Gasteiger partial charge in [0.15, 0.2) is 0 Å². The van der Waals surface area contributed by atoms with Crippen LogP contribution >= 0.6 is 31.9 Å². The SMILES string of the molecule is CC(C)(C)NC(=O)C(c1ccc(Br)cc1)N(C(=O)/C=C/N1CCN(/C=C/C(=O)N(c2ccccc2)C(C(=O)NC(C)(C)C)c2ccc(Br)cc2)CC1)c1ccccc1. The molecular weight excluding hydrogens is 860 g/mol. The summed E-state index contributed by atoms with van der Waals surface area (Å²) in [6.45, 7) is 13.8. The minimum atomic E-state index is -0.926. The Morgan fingerprint density at radius 1 is 0.534 bits per heavy atom. The molecule has 12 heteroatoms. The molecule has 2 atom stereocenters. The number of carbonyl (C=O) groups is 4. The van der Waals surface area contributed by atoms with Crippen LogP contribution in [0.25, 0.3) is 0 Å². The summed E-state index contributed by atoms with van der Waals surface area (Å²) >= 11 is 6.97. The first-order valence-electron chi connectivity index (χ1n) is 19.2. The highest BCUT2D eigenvalue weighted by molar-refractivity contribution is 9.10. The first-order chi connectivity index (χ1) is 27.5. The predicted octanol–water partition coefficient (Wildman–Crippen LogP) is 8.53. The molecule has 304 valence electrons. The fraction of sp³-hybridized carbons (Fsp3) is 0.304. The van der Waals surface area contributed by atoms with E-state index in [4.69, 9.17) is 0 Å². The van der Waals surface area contributed by atoms with Crippen LogP contribution in [-0.2, 0) is 19.2 Å². The molecular formula is C46H52Br2N6O4. The van der Waals surface area contributed by atoms with Gasteiger partial charge in [-0.25, -0.2) is 0 Å². The van der Waals surface area contributed by atoms with Gasteiger partial charge in [0.2, 0.25) is 11.8 Å². The van der Waals surface area contributed by atoms with Gasteiger partial charge in [-0.1, -0.05) is 92.5 Å². The zero-order chi connectivity index (χ0) is 42.0. The number of nitrogens with one attached hydrogen (secondary N) is 2. The highest BCUT2D eigenvalue weighted by Crippen LogP contribution is 2.32. The largest absolute Gasteiger partial charge is 0.374 e. The lowest BCUT2D eigenvalue weighted by Gasteiger charge is -2.35. The third-order valence-corrected chi connectivity index (χ3v) is 10.2. The van der Waals surface area contributed by atoms with Crippen molar-refractivity contribution in [2.75, 3.05) is 36.0 Å². The van der Waals surface area contributed by atoms with E-state index in [9.17, 15) is 19.2 Å². The Morgan fingerprint density at radius 3 is 1.14 bits per heavy atom. The van der Waals surface area contributed by atoms with E-state index >= 15 is 0 Å². The van der Waals surface area contributed by atoms with Crippen LogP contribution in [0.5, 0.6) is 0 Å². The van der Waals surface area contributed by atoms with Crippen molar-refractivity contribution < 1.29 is 19.2 Å². The molecule has 0 bridgehead atoms. The molecule has 5 rings (SSSR count). The van der Waals surface area contributed by atoms with E-state index in [0.717, 1.165) is 8.95 Å². The smallest absolute Gasteiger partial charge is 0.253 e. The summed E-state index contributed by atoms with van der Waals surface area (Å²) in [4.78, 5) is 63.4. The van der Waals surface area contributed by atoms with Crippen molar-refractivity contribution in [3.8, 4) is 0 Å². The highest BCUT2D eigenvalue weighted by atomic mass is 79.9. The Kier molecular flexibility index (Phi) is 14.8. The van der Waals surface area contributed by atoms with E-state index in [2.05, 4.69) is 42.5 Å². The molecule has 0 aromatic heterocycles. The third-order valence-electron chi connectivity index (χ3n) is 9.13. The lowest BCUT2D eigenvalue weighted by atomic mass is 10.0. The van der Waals surface area contributed by atoms with Crippen LogP contribution < -0.4 is 20.4 Å². The fourth-order valence-electron chi connectivity index (χ4n) is 6.52. The highest BCUT2D eigenvalue weighted by Gasteiger charge is 2.35. The van der Waals surface area contributed by atoms with Gasteiger partial charge in [0, 0.05) is 82.1 Å². The molecule has 2 N–H and O–H groups in total. The summed E-state index contributed by atoms with van der Waals surface area (Å²) in [6, 6.07) is 31.4. The normalized spacial score (nSPS) is 14.6. The Hall–Kier alpha value is -5.20. The summed E-state index contributed by atoms with van der Waals surface area (Å²) in [5.74, 6) is -1.26. The third kappa shape index (κ3) is 12.4. The molecule has 0 radical (unpaired) electrons. The Morgan fingerprint density at radius 2 is 0.845 bits per heavy atom. The molecule has 1 saturated heterocycles. The number of halogens is 2. The number of nitrogens with zero attached hydrogens (tertiary/aromatic N) is 4. The van der Waals surface area contributed by atoms with Crippen molar-refractivity contribution in [3.63, 3.8) is 0 Å². The molecule has 2 unspecified atom stereocenters. The number of anilines is 2. The van der Waals surface area contributed by atoms with E-state index in [0.29, 0.717) is 48.7 Å². The minimum Gasteiger partial charge on any atom is -0.374 e. The molecule has 1 aliphatic rings. The molecule has 1 aliphatic heterocycles. The molecule has 58 heavy (non-hydrogen) atoms. The number of para-hydroxylation sites is 2. The summed E-state index contributed by atoms with van der Waals surface area (Å²) in [5, 5.41) is 6.15. The number of rotatable bonds is 12. The maximum Gasteiger partial charge on any atom is 0.253 e. The number of hydrogen-bond donors (Lipinski definition) is 2.